The number of carbonyl (C=O) groups excluding carboxylic acids is 1. The van der Waals surface area contributed by atoms with E-state index >= 15 is 0 Å². The van der Waals surface area contributed by atoms with Gasteiger partial charge in [-0.05, 0) is 30.7 Å². The minimum atomic E-state index is -0.442. The molecule has 1 heterocycles. The molecule has 98 valence electrons. The number of hydrogen-bond donors (Lipinski definition) is 0. The van der Waals surface area contributed by atoms with Gasteiger partial charge in [0.05, 0.1) is 17.1 Å². The summed E-state index contributed by atoms with van der Waals surface area (Å²) in [6, 6.07) is 7.94. The van der Waals surface area contributed by atoms with E-state index in [2.05, 4.69) is 0 Å². The quantitative estimate of drug-likeness (QED) is 0.487. The Hall–Kier alpha value is -2.21. The van der Waals surface area contributed by atoms with Crippen molar-refractivity contribution in [3.8, 4) is 10.4 Å². The summed E-state index contributed by atoms with van der Waals surface area (Å²) in [6.07, 6.45) is 0. The van der Waals surface area contributed by atoms with Crippen LogP contribution >= 0.6 is 11.3 Å². The van der Waals surface area contributed by atoms with Crippen LogP contribution in [0.5, 0.6) is 0 Å². The average Bonchev–Trinajstić information content (AvgIpc) is 2.89. The Bertz CT molecular complexity index is 603. The third kappa shape index (κ3) is 2.97. The average molecular weight is 277 g/mol. The van der Waals surface area contributed by atoms with E-state index in [0.29, 0.717) is 12.2 Å². The molecule has 0 amide bonds. The first-order chi connectivity index (χ1) is 9.11. The summed E-state index contributed by atoms with van der Waals surface area (Å²) >= 11 is 1.40. The van der Waals surface area contributed by atoms with E-state index < -0.39 is 4.92 Å². The molecule has 0 atom stereocenters. The highest BCUT2D eigenvalue weighted by Crippen LogP contribution is 2.28. The van der Waals surface area contributed by atoms with Gasteiger partial charge >= 0.3 is 5.97 Å². The molecule has 0 bridgehead atoms. The molecule has 2 aromatic rings. The predicted octanol–water partition coefficient (Wildman–Crippen LogP) is 3.50. The normalized spacial score (nSPS) is 10.2. The molecule has 0 aliphatic rings. The maximum absolute atomic E-state index is 11.5. The fourth-order valence-corrected chi connectivity index (χ4v) is 2.44. The molecular formula is C13H11NO4S. The molecule has 0 aliphatic heterocycles. The predicted molar refractivity (Wildman–Crippen MR) is 72.4 cm³/mol. The Balaban J connectivity index is 2.23. The maximum Gasteiger partial charge on any atom is 0.338 e. The van der Waals surface area contributed by atoms with Crippen molar-refractivity contribution < 1.29 is 14.5 Å². The molecular weight excluding hydrogens is 266 g/mol. The van der Waals surface area contributed by atoms with Crippen LogP contribution in [0.3, 0.4) is 0 Å². The first kappa shape index (κ1) is 13.2. The molecule has 0 radical (unpaired) electrons. The fraction of sp³-hybridized carbons (Fsp3) is 0.154. The van der Waals surface area contributed by atoms with E-state index in [1.165, 1.54) is 23.5 Å². The van der Waals surface area contributed by atoms with Crippen LogP contribution in [0.2, 0.25) is 0 Å². The van der Waals surface area contributed by atoms with Gasteiger partial charge in [-0.2, -0.15) is 0 Å². The summed E-state index contributed by atoms with van der Waals surface area (Å²) < 4.78 is 4.91. The Morgan fingerprint density at radius 2 is 2.05 bits per heavy atom. The van der Waals surface area contributed by atoms with Gasteiger partial charge in [-0.3, -0.25) is 10.1 Å². The van der Waals surface area contributed by atoms with E-state index in [9.17, 15) is 14.9 Å². The van der Waals surface area contributed by atoms with Crippen LogP contribution in [0.4, 0.5) is 5.69 Å². The monoisotopic (exact) mass is 277 g/mol. The van der Waals surface area contributed by atoms with Gasteiger partial charge in [0.25, 0.3) is 5.69 Å². The molecule has 1 aromatic carbocycles. The maximum atomic E-state index is 11.5. The van der Waals surface area contributed by atoms with Crippen LogP contribution in [-0.2, 0) is 4.74 Å². The highest BCUT2D eigenvalue weighted by Gasteiger charge is 2.11. The number of nitrogens with zero attached hydrogens (tertiary/aromatic N) is 1. The number of non-ortho nitro benzene ring substituents is 1. The number of ether oxygens (including phenoxy) is 1. The highest BCUT2D eigenvalue weighted by molar-refractivity contribution is 7.13. The van der Waals surface area contributed by atoms with Gasteiger partial charge in [-0.25, -0.2) is 4.79 Å². The van der Waals surface area contributed by atoms with E-state index in [4.69, 9.17) is 4.74 Å². The smallest absolute Gasteiger partial charge is 0.338 e. The Kier molecular flexibility index (Phi) is 3.91. The lowest BCUT2D eigenvalue weighted by Crippen LogP contribution is -2.02. The van der Waals surface area contributed by atoms with E-state index in [0.717, 1.165) is 10.4 Å². The van der Waals surface area contributed by atoms with Crippen molar-refractivity contribution in [1.82, 2.24) is 0 Å². The van der Waals surface area contributed by atoms with Crippen LogP contribution < -0.4 is 0 Å². The third-order valence-electron chi connectivity index (χ3n) is 2.47. The van der Waals surface area contributed by atoms with Crippen LogP contribution in [0.1, 0.15) is 17.3 Å². The number of hydrogen-bond acceptors (Lipinski definition) is 5. The van der Waals surface area contributed by atoms with E-state index in [-0.39, 0.29) is 11.7 Å². The van der Waals surface area contributed by atoms with Gasteiger partial charge in [-0.15, -0.1) is 11.3 Å². The van der Waals surface area contributed by atoms with Crippen LogP contribution in [0.25, 0.3) is 10.4 Å². The second kappa shape index (κ2) is 5.62. The number of nitro benzene ring substituents is 1. The molecule has 6 heteroatoms. The molecule has 0 N–H and O–H groups in total. The first-order valence-electron chi connectivity index (χ1n) is 5.62. The fourth-order valence-electron chi connectivity index (χ4n) is 1.56. The Morgan fingerprint density at radius 3 is 2.63 bits per heavy atom. The third-order valence-corrected chi connectivity index (χ3v) is 3.45. The SMILES string of the molecule is CCOC(=O)c1csc(-c2ccc([N+](=O)[O-])cc2)c1. The minimum absolute atomic E-state index is 0.0472. The van der Waals surface area contributed by atoms with Gasteiger partial charge in [0.2, 0.25) is 0 Å². The van der Waals surface area contributed by atoms with Gasteiger partial charge in [-0.1, -0.05) is 0 Å². The topological polar surface area (TPSA) is 69.4 Å². The van der Waals surface area contributed by atoms with Gasteiger partial charge in [0.15, 0.2) is 0 Å². The molecule has 0 unspecified atom stereocenters. The molecule has 0 fully saturated rings. The second-order valence-corrected chi connectivity index (χ2v) is 4.64. The summed E-state index contributed by atoms with van der Waals surface area (Å²) in [7, 11) is 0. The van der Waals surface area contributed by atoms with Crippen molar-refractivity contribution in [3.63, 3.8) is 0 Å². The summed E-state index contributed by atoms with van der Waals surface area (Å²) in [6.45, 7) is 2.09. The molecule has 2 rings (SSSR count). The number of esters is 1. The zero-order valence-electron chi connectivity index (χ0n) is 10.2. The summed E-state index contributed by atoms with van der Waals surface area (Å²) in [5.74, 6) is -0.355. The van der Waals surface area contributed by atoms with E-state index in [1.54, 1.807) is 30.5 Å². The molecule has 0 saturated carbocycles. The van der Waals surface area contributed by atoms with E-state index in [1.807, 2.05) is 0 Å². The van der Waals surface area contributed by atoms with Crippen molar-refractivity contribution in [2.45, 2.75) is 6.92 Å². The van der Waals surface area contributed by atoms with Crippen molar-refractivity contribution in [2.75, 3.05) is 6.61 Å². The molecule has 0 spiro atoms. The Labute approximate surface area is 113 Å². The summed E-state index contributed by atoms with van der Waals surface area (Å²) in [5, 5.41) is 12.3. The zero-order valence-corrected chi connectivity index (χ0v) is 11.0. The lowest BCUT2D eigenvalue weighted by Gasteiger charge is -1.98. The summed E-state index contributed by atoms with van der Waals surface area (Å²) in [5.41, 5.74) is 1.39. The number of carbonyl (C=O) groups is 1. The van der Waals surface area contributed by atoms with Gasteiger partial charge in [0.1, 0.15) is 0 Å². The molecule has 0 saturated heterocycles. The lowest BCUT2D eigenvalue weighted by atomic mass is 10.1. The molecule has 5 nitrogen and oxygen atoms in total. The van der Waals surface area contributed by atoms with Gasteiger partial charge < -0.3 is 4.74 Å². The molecule has 0 aliphatic carbocycles. The largest absolute Gasteiger partial charge is 0.462 e. The zero-order chi connectivity index (χ0) is 13.8. The second-order valence-electron chi connectivity index (χ2n) is 3.72. The van der Waals surface area contributed by atoms with Crippen LogP contribution in [-0.4, -0.2) is 17.5 Å². The number of rotatable bonds is 4. The first-order valence-corrected chi connectivity index (χ1v) is 6.50. The number of nitro groups is 1. The highest BCUT2D eigenvalue weighted by atomic mass is 32.1. The Morgan fingerprint density at radius 1 is 1.37 bits per heavy atom. The van der Waals surface area contributed by atoms with Crippen molar-refractivity contribution in [3.05, 3.63) is 51.4 Å². The van der Waals surface area contributed by atoms with Crippen LogP contribution in [0, 0.1) is 10.1 Å². The number of benzene rings is 1. The van der Waals surface area contributed by atoms with Crippen molar-refractivity contribution in [1.29, 1.82) is 0 Å². The lowest BCUT2D eigenvalue weighted by molar-refractivity contribution is -0.384. The summed E-state index contributed by atoms with van der Waals surface area (Å²) in [4.78, 5) is 22.5. The minimum Gasteiger partial charge on any atom is -0.462 e. The van der Waals surface area contributed by atoms with Gasteiger partial charge in [0, 0.05) is 22.4 Å². The standard InChI is InChI=1S/C13H11NO4S/c1-2-18-13(15)10-7-12(19-8-10)9-3-5-11(6-4-9)14(16)17/h3-8H,2H2,1H3. The van der Waals surface area contributed by atoms with Crippen molar-refractivity contribution >= 4 is 23.0 Å². The molecule has 19 heavy (non-hydrogen) atoms. The van der Waals surface area contributed by atoms with Crippen molar-refractivity contribution in [2.24, 2.45) is 0 Å². The number of thiophene rings is 1. The van der Waals surface area contributed by atoms with Crippen LogP contribution in [0.15, 0.2) is 35.7 Å². The molecule has 1 aromatic heterocycles.